The molecular formula is C8H15N2+. The van der Waals surface area contributed by atoms with Gasteiger partial charge in [-0.1, -0.05) is 13.3 Å². The molecule has 1 aromatic rings. The van der Waals surface area contributed by atoms with Gasteiger partial charge in [-0.05, 0) is 6.42 Å². The van der Waals surface area contributed by atoms with Crippen molar-refractivity contribution in [1.82, 2.24) is 4.98 Å². The van der Waals surface area contributed by atoms with Crippen LogP contribution >= 0.6 is 0 Å². The van der Waals surface area contributed by atoms with E-state index in [9.17, 15) is 0 Å². The number of hydrogen-bond donors (Lipinski definition) is 1. The Kier molecular flexibility index (Phi) is 2.49. The average Bonchev–Trinajstić information content (AvgIpc) is 2.31. The Morgan fingerprint density at radius 3 is 2.90 bits per heavy atom. The smallest absolute Gasteiger partial charge is 0.241 e. The molecule has 0 aliphatic heterocycles. The zero-order valence-corrected chi connectivity index (χ0v) is 6.72. The predicted molar refractivity (Wildman–Crippen MR) is 40.6 cm³/mol. The van der Waals surface area contributed by atoms with E-state index in [2.05, 4.69) is 29.7 Å². The Hall–Kier alpha value is -0.790. The van der Waals surface area contributed by atoms with Crippen molar-refractivity contribution >= 4 is 0 Å². The van der Waals surface area contributed by atoms with Gasteiger partial charge in [0.1, 0.15) is 11.9 Å². The summed E-state index contributed by atoms with van der Waals surface area (Å²) in [6.07, 6.45) is 7.79. The second-order valence-electron chi connectivity index (χ2n) is 2.65. The van der Waals surface area contributed by atoms with Crippen LogP contribution in [-0.4, -0.2) is 4.98 Å². The van der Waals surface area contributed by atoms with Crippen LogP contribution in [-0.2, 0) is 13.5 Å². The van der Waals surface area contributed by atoms with Crippen molar-refractivity contribution in [3.05, 3.63) is 18.2 Å². The molecule has 0 aromatic carbocycles. The van der Waals surface area contributed by atoms with Crippen molar-refractivity contribution in [2.45, 2.75) is 26.2 Å². The van der Waals surface area contributed by atoms with E-state index >= 15 is 0 Å². The molecule has 0 saturated heterocycles. The van der Waals surface area contributed by atoms with Crippen LogP contribution < -0.4 is 4.57 Å². The molecule has 0 unspecified atom stereocenters. The third-order valence-electron chi connectivity index (χ3n) is 1.76. The van der Waals surface area contributed by atoms with Crippen molar-refractivity contribution < 1.29 is 4.57 Å². The van der Waals surface area contributed by atoms with E-state index in [0.717, 1.165) is 0 Å². The molecule has 0 aliphatic carbocycles. The SMILES string of the molecule is CCCCc1c[nH]c[n+]1C. The lowest BCUT2D eigenvalue weighted by atomic mass is 10.2. The van der Waals surface area contributed by atoms with E-state index in [4.69, 9.17) is 0 Å². The molecule has 10 heavy (non-hydrogen) atoms. The normalized spacial score (nSPS) is 10.2. The Bertz CT molecular complexity index is 191. The molecule has 1 N–H and O–H groups in total. The van der Waals surface area contributed by atoms with Crippen molar-refractivity contribution in [2.24, 2.45) is 7.05 Å². The number of H-pyrrole nitrogens is 1. The van der Waals surface area contributed by atoms with Crippen LogP contribution in [0, 0.1) is 0 Å². The van der Waals surface area contributed by atoms with Gasteiger partial charge < -0.3 is 0 Å². The summed E-state index contributed by atoms with van der Waals surface area (Å²) in [6, 6.07) is 0. The van der Waals surface area contributed by atoms with E-state index in [0.29, 0.717) is 0 Å². The molecule has 56 valence electrons. The standard InChI is InChI=1S/C8H14N2/c1-3-4-5-8-6-9-7-10(8)2/h6-7H,3-5H2,1-2H3/p+1. The van der Waals surface area contributed by atoms with Crippen LogP contribution in [0.4, 0.5) is 0 Å². The lowest BCUT2D eigenvalue weighted by molar-refractivity contribution is -0.677. The fourth-order valence-electron chi connectivity index (χ4n) is 1.04. The van der Waals surface area contributed by atoms with Gasteiger partial charge in [-0.15, -0.1) is 0 Å². The van der Waals surface area contributed by atoms with E-state index in [1.54, 1.807) is 0 Å². The van der Waals surface area contributed by atoms with Gasteiger partial charge in [0, 0.05) is 6.42 Å². The molecule has 0 bridgehead atoms. The molecule has 2 nitrogen and oxygen atoms in total. The largest absolute Gasteiger partial charge is 0.250 e. The summed E-state index contributed by atoms with van der Waals surface area (Å²) in [5, 5.41) is 0. The lowest BCUT2D eigenvalue weighted by Gasteiger charge is -1.92. The van der Waals surface area contributed by atoms with Crippen molar-refractivity contribution in [1.29, 1.82) is 0 Å². The van der Waals surface area contributed by atoms with Gasteiger partial charge in [-0.25, -0.2) is 9.55 Å². The Morgan fingerprint density at radius 2 is 2.40 bits per heavy atom. The molecule has 0 fully saturated rings. The van der Waals surface area contributed by atoms with E-state index in [1.165, 1.54) is 25.0 Å². The minimum atomic E-state index is 1.19. The summed E-state index contributed by atoms with van der Waals surface area (Å²) >= 11 is 0. The van der Waals surface area contributed by atoms with Crippen LogP contribution in [0.15, 0.2) is 12.5 Å². The first kappa shape index (κ1) is 7.32. The number of aromatic amines is 1. The van der Waals surface area contributed by atoms with Crippen LogP contribution in [0.3, 0.4) is 0 Å². The number of unbranched alkanes of at least 4 members (excludes halogenated alkanes) is 1. The minimum Gasteiger partial charge on any atom is -0.250 e. The summed E-state index contributed by atoms with van der Waals surface area (Å²) < 4.78 is 2.13. The first-order valence-corrected chi connectivity index (χ1v) is 3.86. The summed E-state index contributed by atoms with van der Waals surface area (Å²) in [7, 11) is 2.07. The molecule has 0 aliphatic rings. The maximum Gasteiger partial charge on any atom is 0.241 e. The van der Waals surface area contributed by atoms with Gasteiger partial charge >= 0.3 is 0 Å². The number of hydrogen-bond acceptors (Lipinski definition) is 0. The zero-order chi connectivity index (χ0) is 7.40. The van der Waals surface area contributed by atoms with Crippen LogP contribution in [0.1, 0.15) is 25.5 Å². The van der Waals surface area contributed by atoms with Crippen LogP contribution in [0.5, 0.6) is 0 Å². The first-order valence-electron chi connectivity index (χ1n) is 3.86. The number of rotatable bonds is 3. The number of nitrogens with one attached hydrogen (secondary N) is 1. The number of imidazole rings is 1. The third-order valence-corrected chi connectivity index (χ3v) is 1.76. The Morgan fingerprint density at radius 1 is 1.60 bits per heavy atom. The topological polar surface area (TPSA) is 19.7 Å². The summed E-state index contributed by atoms with van der Waals surface area (Å²) in [5.74, 6) is 0. The van der Waals surface area contributed by atoms with Crippen LogP contribution in [0.25, 0.3) is 0 Å². The first-order chi connectivity index (χ1) is 4.84. The number of nitrogens with zero attached hydrogens (tertiary/aromatic N) is 1. The fourth-order valence-corrected chi connectivity index (χ4v) is 1.04. The van der Waals surface area contributed by atoms with Gasteiger partial charge in [0.05, 0.1) is 7.05 Å². The van der Waals surface area contributed by atoms with Gasteiger partial charge in [0.2, 0.25) is 6.33 Å². The molecule has 0 spiro atoms. The highest BCUT2D eigenvalue weighted by atomic mass is 15.0. The summed E-state index contributed by atoms with van der Waals surface area (Å²) in [4.78, 5) is 3.07. The number of aryl methyl sites for hydroxylation is 2. The van der Waals surface area contributed by atoms with Gasteiger partial charge in [-0.2, -0.15) is 0 Å². The van der Waals surface area contributed by atoms with Gasteiger partial charge in [0.25, 0.3) is 0 Å². The highest BCUT2D eigenvalue weighted by Gasteiger charge is 2.01. The molecule has 0 radical (unpaired) electrons. The van der Waals surface area contributed by atoms with Gasteiger partial charge in [-0.3, -0.25) is 0 Å². The zero-order valence-electron chi connectivity index (χ0n) is 6.72. The number of aromatic nitrogens is 2. The monoisotopic (exact) mass is 139 g/mol. The molecule has 1 rings (SSSR count). The van der Waals surface area contributed by atoms with E-state index in [1.807, 2.05) is 6.33 Å². The second-order valence-corrected chi connectivity index (χ2v) is 2.65. The van der Waals surface area contributed by atoms with Crippen molar-refractivity contribution in [3.63, 3.8) is 0 Å². The molecule has 0 saturated carbocycles. The molecular weight excluding hydrogens is 124 g/mol. The van der Waals surface area contributed by atoms with Crippen molar-refractivity contribution in [2.75, 3.05) is 0 Å². The highest BCUT2D eigenvalue weighted by molar-refractivity contribution is 4.85. The lowest BCUT2D eigenvalue weighted by Crippen LogP contribution is -2.29. The van der Waals surface area contributed by atoms with Gasteiger partial charge in [0.15, 0.2) is 0 Å². The van der Waals surface area contributed by atoms with E-state index < -0.39 is 0 Å². The third kappa shape index (κ3) is 1.59. The minimum absolute atomic E-state index is 1.19. The van der Waals surface area contributed by atoms with E-state index in [-0.39, 0.29) is 0 Å². The molecule has 1 heterocycles. The summed E-state index contributed by atoms with van der Waals surface area (Å²) in [5.41, 5.74) is 1.39. The molecule has 0 atom stereocenters. The summed E-state index contributed by atoms with van der Waals surface area (Å²) in [6.45, 7) is 2.21. The average molecular weight is 139 g/mol. The highest BCUT2D eigenvalue weighted by Crippen LogP contribution is 1.96. The molecule has 0 amide bonds. The molecule has 2 heteroatoms. The van der Waals surface area contributed by atoms with Crippen molar-refractivity contribution in [3.8, 4) is 0 Å². The maximum absolute atomic E-state index is 3.07. The Balaban J connectivity index is 2.49. The Labute approximate surface area is 61.9 Å². The fraction of sp³-hybridized carbons (Fsp3) is 0.625. The second kappa shape index (κ2) is 3.40. The molecule has 1 aromatic heterocycles. The maximum atomic E-state index is 3.07. The van der Waals surface area contributed by atoms with Crippen LogP contribution in [0.2, 0.25) is 0 Å². The quantitative estimate of drug-likeness (QED) is 0.607. The predicted octanol–water partition coefficient (Wildman–Crippen LogP) is 1.18.